The number of non-ortho nitro benzene ring substituents is 1. The summed E-state index contributed by atoms with van der Waals surface area (Å²) in [6, 6.07) is 17.0. The van der Waals surface area contributed by atoms with E-state index in [1.165, 1.54) is 18.2 Å². The van der Waals surface area contributed by atoms with Crippen LogP contribution in [0, 0.1) is 17.0 Å². The Bertz CT molecular complexity index is 881. The van der Waals surface area contributed by atoms with E-state index in [4.69, 9.17) is 0 Å². The molecule has 0 spiro atoms. The molecule has 0 aliphatic heterocycles. The number of pyridine rings is 1. The van der Waals surface area contributed by atoms with Crippen molar-refractivity contribution in [2.45, 2.75) is 6.92 Å². The largest absolute Gasteiger partial charge is 0.387 e. The van der Waals surface area contributed by atoms with Crippen LogP contribution in [-0.4, -0.2) is 22.7 Å². The van der Waals surface area contributed by atoms with Gasteiger partial charge >= 0.3 is 0 Å². The molecule has 6 heteroatoms. The molecule has 1 aromatic heterocycles. The predicted molar refractivity (Wildman–Crippen MR) is 101 cm³/mol. The first-order chi connectivity index (χ1) is 12.5. The maximum atomic E-state index is 12.2. The molecular weight excluding hydrogens is 330 g/mol. The molecule has 0 fully saturated rings. The molecular formula is C20H19N3O3. The van der Waals surface area contributed by atoms with Gasteiger partial charge in [0.2, 0.25) is 0 Å². The molecule has 6 nitrogen and oxygen atoms in total. The summed E-state index contributed by atoms with van der Waals surface area (Å²) in [5.74, 6) is -0.122. The van der Waals surface area contributed by atoms with E-state index in [0.29, 0.717) is 16.7 Å². The molecule has 0 saturated heterocycles. The number of aryl methyl sites for hydroxylation is 1. The number of anilines is 1. The fraction of sp³-hybridized carbons (Fsp3) is 0.100. The van der Waals surface area contributed by atoms with Crippen molar-refractivity contribution in [2.75, 3.05) is 12.4 Å². The van der Waals surface area contributed by atoms with Crippen LogP contribution in [0.25, 0.3) is 0 Å². The van der Waals surface area contributed by atoms with Crippen molar-refractivity contribution in [3.63, 3.8) is 0 Å². The Balaban J connectivity index is 0.000000254. The lowest BCUT2D eigenvalue weighted by Crippen LogP contribution is -2.04. The van der Waals surface area contributed by atoms with Crippen molar-refractivity contribution in [2.24, 2.45) is 0 Å². The number of nitrogens with zero attached hydrogens (tertiary/aromatic N) is 2. The number of nitro groups is 1. The van der Waals surface area contributed by atoms with Gasteiger partial charge in [-0.25, -0.2) is 0 Å². The maximum Gasteiger partial charge on any atom is 0.269 e. The van der Waals surface area contributed by atoms with Gasteiger partial charge in [-0.1, -0.05) is 30.3 Å². The van der Waals surface area contributed by atoms with Gasteiger partial charge in [0.05, 0.1) is 10.6 Å². The minimum atomic E-state index is -0.468. The van der Waals surface area contributed by atoms with Gasteiger partial charge in [-0.15, -0.1) is 0 Å². The molecule has 2 aromatic carbocycles. The highest BCUT2D eigenvalue weighted by atomic mass is 16.6. The van der Waals surface area contributed by atoms with E-state index in [0.717, 1.165) is 5.69 Å². The third kappa shape index (κ3) is 4.98. The third-order valence-corrected chi connectivity index (χ3v) is 3.65. The number of rotatable bonds is 4. The third-order valence-electron chi connectivity index (χ3n) is 3.65. The normalized spacial score (nSPS) is 9.62. The molecule has 0 aliphatic carbocycles. The molecule has 26 heavy (non-hydrogen) atoms. The summed E-state index contributed by atoms with van der Waals surface area (Å²) < 4.78 is 0. The Hall–Kier alpha value is -3.54. The fourth-order valence-electron chi connectivity index (χ4n) is 2.27. The number of aromatic nitrogens is 1. The van der Waals surface area contributed by atoms with Gasteiger partial charge in [0, 0.05) is 42.7 Å². The zero-order valence-corrected chi connectivity index (χ0v) is 14.5. The lowest BCUT2D eigenvalue weighted by Gasteiger charge is -2.04. The quantitative estimate of drug-likeness (QED) is 0.432. The second-order valence-electron chi connectivity index (χ2n) is 5.44. The molecule has 0 amide bonds. The van der Waals surface area contributed by atoms with Crippen LogP contribution in [0.4, 0.5) is 11.4 Å². The second-order valence-corrected chi connectivity index (χ2v) is 5.44. The Morgan fingerprint density at radius 3 is 2.31 bits per heavy atom. The molecule has 3 aromatic rings. The number of benzene rings is 2. The molecule has 0 unspecified atom stereocenters. The van der Waals surface area contributed by atoms with E-state index in [1.54, 1.807) is 43.6 Å². The average molecular weight is 349 g/mol. The molecule has 3 rings (SSSR count). The molecule has 0 bridgehead atoms. The minimum Gasteiger partial charge on any atom is -0.387 e. The van der Waals surface area contributed by atoms with Crippen LogP contribution in [0.5, 0.6) is 0 Å². The van der Waals surface area contributed by atoms with Gasteiger partial charge < -0.3 is 5.32 Å². The Morgan fingerprint density at radius 1 is 1.08 bits per heavy atom. The lowest BCUT2D eigenvalue weighted by molar-refractivity contribution is -0.384. The molecule has 0 saturated carbocycles. The smallest absolute Gasteiger partial charge is 0.269 e. The Morgan fingerprint density at radius 2 is 1.81 bits per heavy atom. The molecule has 1 heterocycles. The summed E-state index contributed by atoms with van der Waals surface area (Å²) in [7, 11) is 1.87. The fourth-order valence-corrected chi connectivity index (χ4v) is 2.27. The Kier molecular flexibility index (Phi) is 6.56. The summed E-state index contributed by atoms with van der Waals surface area (Å²) in [5.41, 5.74) is 2.73. The van der Waals surface area contributed by atoms with E-state index < -0.39 is 4.92 Å². The van der Waals surface area contributed by atoms with Gasteiger partial charge in [-0.3, -0.25) is 19.9 Å². The maximum absolute atomic E-state index is 12.2. The second kappa shape index (κ2) is 9.08. The Labute approximate surface area is 151 Å². The highest BCUT2D eigenvalue weighted by Gasteiger charge is 2.14. The number of hydrogen-bond donors (Lipinski definition) is 1. The summed E-state index contributed by atoms with van der Waals surface area (Å²) in [6.07, 6.45) is 3.53. The van der Waals surface area contributed by atoms with E-state index in [9.17, 15) is 14.9 Å². The summed E-state index contributed by atoms with van der Waals surface area (Å²) >= 11 is 0. The summed E-state index contributed by atoms with van der Waals surface area (Å²) in [6.45, 7) is 1.70. The molecule has 0 aliphatic rings. The zero-order valence-electron chi connectivity index (χ0n) is 14.5. The summed E-state index contributed by atoms with van der Waals surface area (Å²) in [4.78, 5) is 26.2. The number of hydrogen-bond acceptors (Lipinski definition) is 5. The monoisotopic (exact) mass is 349 g/mol. The first-order valence-electron chi connectivity index (χ1n) is 7.95. The summed E-state index contributed by atoms with van der Waals surface area (Å²) in [5, 5.41) is 13.6. The van der Waals surface area contributed by atoms with Crippen LogP contribution in [-0.2, 0) is 0 Å². The number of carbonyl (C=O) groups is 1. The average Bonchev–Trinajstić information content (AvgIpc) is 2.69. The number of nitrogens with one attached hydrogen (secondary N) is 1. The molecule has 0 radical (unpaired) electrons. The topological polar surface area (TPSA) is 85.1 Å². The van der Waals surface area contributed by atoms with E-state index in [2.05, 4.69) is 10.3 Å². The van der Waals surface area contributed by atoms with Crippen molar-refractivity contribution < 1.29 is 9.72 Å². The van der Waals surface area contributed by atoms with Gasteiger partial charge in [-0.2, -0.15) is 0 Å². The van der Waals surface area contributed by atoms with Crippen molar-refractivity contribution in [1.82, 2.24) is 4.98 Å². The highest BCUT2D eigenvalue weighted by molar-refractivity contribution is 6.09. The predicted octanol–water partition coefficient (Wildman–Crippen LogP) is 4.26. The van der Waals surface area contributed by atoms with Gasteiger partial charge in [0.15, 0.2) is 5.78 Å². The minimum absolute atomic E-state index is 0.00267. The van der Waals surface area contributed by atoms with Gasteiger partial charge in [0.25, 0.3) is 5.69 Å². The van der Waals surface area contributed by atoms with Crippen LogP contribution in [0.3, 0.4) is 0 Å². The molecule has 132 valence electrons. The number of nitro benzene ring substituents is 1. The number of carbonyl (C=O) groups excluding carboxylic acids is 1. The van der Waals surface area contributed by atoms with E-state index >= 15 is 0 Å². The highest BCUT2D eigenvalue weighted by Crippen LogP contribution is 2.19. The van der Waals surface area contributed by atoms with Crippen molar-refractivity contribution >= 4 is 17.2 Å². The van der Waals surface area contributed by atoms with Crippen LogP contribution in [0.15, 0.2) is 73.1 Å². The first-order valence-corrected chi connectivity index (χ1v) is 7.95. The molecule has 0 atom stereocenters. The first kappa shape index (κ1) is 18.8. The standard InChI is InChI=1S/C14H11NO3.C6H8N2/c1-10-9-12(15(17)18)7-8-13(10)14(16)11-5-3-2-4-6-11;1-7-6-3-2-4-8-5-6/h2-9H,1H3;2-5,7H,1H3. The van der Waals surface area contributed by atoms with Crippen molar-refractivity contribution in [3.05, 3.63) is 99.9 Å². The van der Waals surface area contributed by atoms with Crippen LogP contribution >= 0.6 is 0 Å². The van der Waals surface area contributed by atoms with Gasteiger partial charge in [-0.05, 0) is 30.7 Å². The van der Waals surface area contributed by atoms with Crippen LogP contribution in [0.1, 0.15) is 21.5 Å². The van der Waals surface area contributed by atoms with Crippen LogP contribution < -0.4 is 5.32 Å². The molecule has 1 N–H and O–H groups in total. The lowest BCUT2D eigenvalue weighted by atomic mass is 9.99. The zero-order chi connectivity index (χ0) is 18.9. The van der Waals surface area contributed by atoms with Gasteiger partial charge in [0.1, 0.15) is 0 Å². The number of ketones is 1. The van der Waals surface area contributed by atoms with Crippen LogP contribution in [0.2, 0.25) is 0 Å². The van der Waals surface area contributed by atoms with E-state index in [1.807, 2.05) is 25.2 Å². The van der Waals surface area contributed by atoms with Crippen molar-refractivity contribution in [1.29, 1.82) is 0 Å². The van der Waals surface area contributed by atoms with Crippen molar-refractivity contribution in [3.8, 4) is 0 Å². The SMILES string of the molecule is CNc1cccnc1.Cc1cc([N+](=O)[O-])ccc1C(=O)c1ccccc1. The van der Waals surface area contributed by atoms with E-state index in [-0.39, 0.29) is 11.5 Å².